The van der Waals surface area contributed by atoms with Gasteiger partial charge in [0.2, 0.25) is 0 Å². The van der Waals surface area contributed by atoms with Crippen molar-refractivity contribution in [1.29, 1.82) is 0 Å². The second kappa shape index (κ2) is 9.75. The third-order valence-electron chi connectivity index (χ3n) is 3.46. The number of halogens is 5. The van der Waals surface area contributed by atoms with E-state index in [1.807, 2.05) is 5.43 Å². The Balaban J connectivity index is 2.27. The number of amides is 1. The molecule has 2 rings (SSSR count). The fourth-order valence-electron chi connectivity index (χ4n) is 2.15. The Kier molecular flexibility index (Phi) is 7.63. The average Bonchev–Trinajstić information content (AvgIpc) is 2.66. The fraction of sp³-hybridized carbons (Fsp3) is 0.0526. The number of hydrazone groups is 1. The van der Waals surface area contributed by atoms with Gasteiger partial charge in [-0.3, -0.25) is 4.79 Å². The average molecular weight is 533 g/mol. The van der Waals surface area contributed by atoms with Crippen LogP contribution >= 0.6 is 31.9 Å². The van der Waals surface area contributed by atoms with Crippen molar-refractivity contribution in [2.45, 2.75) is 6.18 Å². The maximum absolute atomic E-state index is 13.5. The molecule has 0 spiro atoms. The summed E-state index contributed by atoms with van der Waals surface area (Å²) in [7, 11) is 0. The lowest BCUT2D eigenvalue weighted by Gasteiger charge is -2.17. The third-order valence-corrected chi connectivity index (χ3v) is 4.67. The summed E-state index contributed by atoms with van der Waals surface area (Å²) in [4.78, 5) is 12.3. The first-order chi connectivity index (χ1) is 13.6. The Morgan fingerprint density at radius 1 is 1.14 bits per heavy atom. The first-order valence-electron chi connectivity index (χ1n) is 7.91. The molecule has 3 N–H and O–H groups in total. The first-order valence-corrected chi connectivity index (χ1v) is 9.49. The van der Waals surface area contributed by atoms with Crippen LogP contribution in [0.15, 0.2) is 80.4 Å². The Morgan fingerprint density at radius 2 is 1.72 bits per heavy atom. The van der Waals surface area contributed by atoms with E-state index < -0.39 is 23.4 Å². The van der Waals surface area contributed by atoms with Crippen LogP contribution in [0.4, 0.5) is 18.9 Å². The van der Waals surface area contributed by atoms with Crippen molar-refractivity contribution in [3.63, 3.8) is 0 Å². The molecular weight excluding hydrogens is 519 g/mol. The molecule has 0 radical (unpaired) electrons. The highest BCUT2D eigenvalue weighted by molar-refractivity contribution is 9.11. The minimum Gasteiger partial charge on any atom is -0.506 e. The van der Waals surface area contributed by atoms with Gasteiger partial charge in [-0.25, -0.2) is 5.43 Å². The molecule has 0 bridgehead atoms. The standard InChI is InChI=1S/C19H14Br2F3N3O2/c1-2-13(17(19(22,23)24)26-12-6-4-3-5-7-12)18(29)27-25-10-11-8-14(20)16(28)15(21)9-11/h2-10,26,28H,1H2,(H,27,29)/b17-13+,25-10+. The summed E-state index contributed by atoms with van der Waals surface area (Å²) < 4.78 is 41.2. The number of anilines is 1. The normalized spacial score (nSPS) is 12.4. The van der Waals surface area contributed by atoms with Crippen molar-refractivity contribution < 1.29 is 23.1 Å². The lowest BCUT2D eigenvalue weighted by atomic mass is 10.1. The second-order valence-corrected chi connectivity index (χ2v) is 7.22. The predicted molar refractivity (Wildman–Crippen MR) is 113 cm³/mol. The minimum atomic E-state index is -4.83. The molecule has 2 aromatic rings. The molecule has 29 heavy (non-hydrogen) atoms. The van der Waals surface area contributed by atoms with E-state index in [0.29, 0.717) is 14.5 Å². The van der Waals surface area contributed by atoms with Gasteiger partial charge in [0.1, 0.15) is 11.4 Å². The van der Waals surface area contributed by atoms with E-state index in [9.17, 15) is 23.1 Å². The minimum absolute atomic E-state index is 0.0233. The molecule has 0 heterocycles. The van der Waals surface area contributed by atoms with E-state index >= 15 is 0 Å². The topological polar surface area (TPSA) is 73.7 Å². The van der Waals surface area contributed by atoms with Gasteiger partial charge in [0.05, 0.1) is 20.7 Å². The quantitative estimate of drug-likeness (QED) is 0.199. The summed E-state index contributed by atoms with van der Waals surface area (Å²) in [6.07, 6.45) is -2.81. The maximum Gasteiger partial charge on any atom is 0.432 e. The van der Waals surface area contributed by atoms with Crippen molar-refractivity contribution >= 4 is 49.7 Å². The number of hydrogen-bond donors (Lipinski definition) is 3. The zero-order valence-corrected chi connectivity index (χ0v) is 17.8. The van der Waals surface area contributed by atoms with Crippen LogP contribution in [0.5, 0.6) is 5.75 Å². The van der Waals surface area contributed by atoms with Crippen LogP contribution in [-0.2, 0) is 4.79 Å². The van der Waals surface area contributed by atoms with Crippen LogP contribution in [0.3, 0.4) is 0 Å². The maximum atomic E-state index is 13.5. The second-order valence-electron chi connectivity index (χ2n) is 5.51. The number of rotatable bonds is 6. The first kappa shape index (κ1) is 22.7. The number of nitrogens with one attached hydrogen (secondary N) is 2. The zero-order valence-electron chi connectivity index (χ0n) is 14.6. The molecule has 10 heteroatoms. The fourth-order valence-corrected chi connectivity index (χ4v) is 3.37. The molecule has 5 nitrogen and oxygen atoms in total. The van der Waals surface area contributed by atoms with Crippen LogP contribution in [-0.4, -0.2) is 23.4 Å². The summed E-state index contributed by atoms with van der Waals surface area (Å²) in [5, 5.41) is 15.5. The van der Waals surface area contributed by atoms with Gasteiger partial charge >= 0.3 is 6.18 Å². The van der Waals surface area contributed by atoms with E-state index in [1.54, 1.807) is 18.2 Å². The van der Waals surface area contributed by atoms with E-state index in [2.05, 4.69) is 48.9 Å². The van der Waals surface area contributed by atoms with E-state index in [1.165, 1.54) is 30.5 Å². The van der Waals surface area contributed by atoms with Crippen LogP contribution in [0, 0.1) is 0 Å². The van der Waals surface area contributed by atoms with Gasteiger partial charge in [0.25, 0.3) is 5.91 Å². The smallest absolute Gasteiger partial charge is 0.432 e. The lowest BCUT2D eigenvalue weighted by Crippen LogP contribution is -2.28. The number of phenols is 1. The molecule has 0 unspecified atom stereocenters. The van der Waals surface area contributed by atoms with Crippen LogP contribution in [0.2, 0.25) is 0 Å². The van der Waals surface area contributed by atoms with E-state index in [0.717, 1.165) is 6.08 Å². The van der Waals surface area contributed by atoms with Gasteiger partial charge in [0, 0.05) is 5.69 Å². The number of alkyl halides is 3. The lowest BCUT2D eigenvalue weighted by molar-refractivity contribution is -0.118. The van der Waals surface area contributed by atoms with Crippen molar-refractivity contribution in [2.24, 2.45) is 5.10 Å². The molecule has 152 valence electrons. The summed E-state index contributed by atoms with van der Waals surface area (Å²) >= 11 is 6.28. The molecule has 0 aliphatic heterocycles. The Morgan fingerprint density at radius 3 is 2.24 bits per heavy atom. The number of para-hydroxylation sites is 1. The largest absolute Gasteiger partial charge is 0.506 e. The highest BCUT2D eigenvalue weighted by Crippen LogP contribution is 2.33. The molecule has 1 amide bonds. The van der Waals surface area contributed by atoms with E-state index in [4.69, 9.17) is 0 Å². The summed E-state index contributed by atoms with van der Waals surface area (Å²) in [6.45, 7) is 3.31. The number of carbonyl (C=O) groups is 1. The van der Waals surface area contributed by atoms with Gasteiger partial charge in [-0.1, -0.05) is 30.9 Å². The van der Waals surface area contributed by atoms with Gasteiger partial charge in [-0.2, -0.15) is 18.3 Å². The Labute approximate surface area is 181 Å². The number of carbonyl (C=O) groups excluding carboxylic acids is 1. The predicted octanol–water partition coefficient (Wildman–Crippen LogP) is 5.48. The number of benzene rings is 2. The highest BCUT2D eigenvalue weighted by Gasteiger charge is 2.38. The van der Waals surface area contributed by atoms with Crippen LogP contribution in [0.25, 0.3) is 0 Å². The molecule has 0 saturated carbocycles. The number of allylic oxidation sites excluding steroid dienone is 1. The molecule has 0 saturated heterocycles. The molecule has 0 fully saturated rings. The van der Waals surface area contributed by atoms with Crippen LogP contribution in [0.1, 0.15) is 5.56 Å². The number of nitrogens with zero attached hydrogens (tertiary/aromatic N) is 1. The van der Waals surface area contributed by atoms with Gasteiger partial charge < -0.3 is 10.4 Å². The molecule has 0 aliphatic carbocycles. The Hall–Kier alpha value is -2.59. The summed E-state index contributed by atoms with van der Waals surface area (Å²) in [5.41, 5.74) is 0.701. The molecular formula is C19H14Br2F3N3O2. The van der Waals surface area contributed by atoms with Crippen molar-refractivity contribution in [2.75, 3.05) is 5.32 Å². The number of aromatic hydroxyl groups is 1. The number of phenolic OH excluding ortho intramolecular Hbond substituents is 1. The van der Waals surface area contributed by atoms with Gasteiger partial charge in [-0.15, -0.1) is 0 Å². The zero-order chi connectivity index (χ0) is 21.6. The van der Waals surface area contributed by atoms with Crippen LogP contribution < -0.4 is 10.7 Å². The van der Waals surface area contributed by atoms with Gasteiger partial charge in [-0.05, 0) is 61.7 Å². The molecule has 2 aromatic carbocycles. The third kappa shape index (κ3) is 6.20. The molecule has 0 aromatic heterocycles. The van der Waals surface area contributed by atoms with Crippen molar-refractivity contribution in [3.05, 3.63) is 80.9 Å². The van der Waals surface area contributed by atoms with Gasteiger partial charge in [0.15, 0.2) is 0 Å². The monoisotopic (exact) mass is 531 g/mol. The molecule has 0 aliphatic rings. The van der Waals surface area contributed by atoms with Crippen molar-refractivity contribution in [1.82, 2.24) is 5.43 Å². The van der Waals surface area contributed by atoms with E-state index in [-0.39, 0.29) is 11.4 Å². The number of hydrogen-bond acceptors (Lipinski definition) is 4. The van der Waals surface area contributed by atoms with Crippen molar-refractivity contribution in [3.8, 4) is 5.75 Å². The SMILES string of the molecule is C=C/C(C(=O)N/N=C/c1cc(Br)c(O)c(Br)c1)=C(\Nc1ccccc1)C(F)(F)F. The summed E-state index contributed by atoms with van der Waals surface area (Å²) in [6, 6.07) is 10.7. The Bertz CT molecular complexity index is 951. The summed E-state index contributed by atoms with van der Waals surface area (Å²) in [5.74, 6) is -1.12. The highest BCUT2D eigenvalue weighted by atomic mass is 79.9. The molecule has 0 atom stereocenters.